The molecule has 3 heterocycles. The van der Waals surface area contributed by atoms with Crippen LogP contribution in [0.3, 0.4) is 0 Å². The van der Waals surface area contributed by atoms with Crippen molar-refractivity contribution in [2.24, 2.45) is 0 Å². The van der Waals surface area contributed by atoms with Gasteiger partial charge in [0.2, 0.25) is 0 Å². The topological polar surface area (TPSA) is 52.3 Å². The van der Waals surface area contributed by atoms with Crippen LogP contribution in [0.15, 0.2) is 31.0 Å². The predicted octanol–water partition coefficient (Wildman–Crippen LogP) is 4.28. The fourth-order valence-electron chi connectivity index (χ4n) is 2.16. The Bertz CT molecular complexity index is 980. The van der Waals surface area contributed by atoms with Gasteiger partial charge in [-0.1, -0.05) is 0 Å². The van der Waals surface area contributed by atoms with Gasteiger partial charge in [0.1, 0.15) is 12.7 Å². The third-order valence-corrected chi connectivity index (χ3v) is 3.55. The standard InChI is InChI=1S/C15H9F7N4O/c1-7(14(17,18)19)27-13-9(16)2-8(4-23-13)10-3-11-12(15(20,21)22)25-6-26(11)5-24-10/h2-7H,1H3/t7-/m1/s1. The average molecular weight is 394 g/mol. The molecule has 0 saturated heterocycles. The van der Waals surface area contributed by atoms with E-state index in [0.29, 0.717) is 6.92 Å². The van der Waals surface area contributed by atoms with Gasteiger partial charge in [-0.2, -0.15) is 26.3 Å². The first kappa shape index (κ1) is 18.9. The van der Waals surface area contributed by atoms with Crippen LogP contribution in [-0.2, 0) is 6.18 Å². The zero-order valence-electron chi connectivity index (χ0n) is 13.3. The second-order valence-corrected chi connectivity index (χ2v) is 5.47. The molecule has 5 nitrogen and oxygen atoms in total. The highest BCUT2D eigenvalue weighted by atomic mass is 19.4. The van der Waals surface area contributed by atoms with E-state index in [4.69, 9.17) is 0 Å². The Labute approximate surface area is 146 Å². The first-order valence-electron chi connectivity index (χ1n) is 7.26. The molecule has 0 aliphatic carbocycles. The second kappa shape index (κ2) is 6.35. The lowest BCUT2D eigenvalue weighted by atomic mass is 10.2. The van der Waals surface area contributed by atoms with Crippen LogP contribution in [0.1, 0.15) is 12.6 Å². The van der Waals surface area contributed by atoms with Crippen molar-refractivity contribution in [3.8, 4) is 17.1 Å². The molecular formula is C15H9F7N4O. The van der Waals surface area contributed by atoms with Gasteiger partial charge in [0, 0.05) is 11.8 Å². The smallest absolute Gasteiger partial charge is 0.435 e. The fraction of sp³-hybridized carbons (Fsp3) is 0.267. The predicted molar refractivity (Wildman–Crippen MR) is 77.3 cm³/mol. The van der Waals surface area contributed by atoms with Crippen molar-refractivity contribution in [1.29, 1.82) is 0 Å². The van der Waals surface area contributed by atoms with E-state index in [1.54, 1.807) is 0 Å². The molecular weight excluding hydrogens is 385 g/mol. The molecule has 3 aromatic heterocycles. The molecule has 1 atom stereocenters. The lowest BCUT2D eigenvalue weighted by Gasteiger charge is -2.17. The van der Waals surface area contributed by atoms with E-state index in [1.807, 2.05) is 0 Å². The number of halogens is 7. The quantitative estimate of drug-likeness (QED) is 0.623. The van der Waals surface area contributed by atoms with Gasteiger partial charge in [0.05, 0.1) is 11.2 Å². The molecule has 0 spiro atoms. The summed E-state index contributed by atoms with van der Waals surface area (Å²) in [5.41, 5.74) is -1.59. The highest BCUT2D eigenvalue weighted by Gasteiger charge is 2.39. The fourth-order valence-corrected chi connectivity index (χ4v) is 2.16. The molecule has 0 fully saturated rings. The van der Waals surface area contributed by atoms with Crippen molar-refractivity contribution in [1.82, 2.24) is 19.4 Å². The summed E-state index contributed by atoms with van der Waals surface area (Å²) >= 11 is 0. The van der Waals surface area contributed by atoms with Gasteiger partial charge in [-0.25, -0.2) is 19.3 Å². The summed E-state index contributed by atoms with van der Waals surface area (Å²) in [6, 6.07) is 1.79. The van der Waals surface area contributed by atoms with Crippen molar-refractivity contribution < 1.29 is 35.5 Å². The molecule has 0 aliphatic rings. The Morgan fingerprint density at radius 2 is 1.67 bits per heavy atom. The maximum absolute atomic E-state index is 14.0. The van der Waals surface area contributed by atoms with E-state index in [-0.39, 0.29) is 16.8 Å². The molecule has 27 heavy (non-hydrogen) atoms. The van der Waals surface area contributed by atoms with Gasteiger partial charge >= 0.3 is 12.4 Å². The number of hydrogen-bond donors (Lipinski definition) is 0. The van der Waals surface area contributed by atoms with Gasteiger partial charge < -0.3 is 4.74 Å². The highest BCUT2D eigenvalue weighted by Crippen LogP contribution is 2.33. The summed E-state index contributed by atoms with van der Waals surface area (Å²) in [7, 11) is 0. The van der Waals surface area contributed by atoms with Crippen LogP contribution in [0.2, 0.25) is 0 Å². The summed E-state index contributed by atoms with van der Waals surface area (Å²) in [5, 5.41) is 0. The van der Waals surface area contributed by atoms with E-state index in [9.17, 15) is 30.7 Å². The highest BCUT2D eigenvalue weighted by molar-refractivity contribution is 5.66. The Morgan fingerprint density at radius 1 is 1.00 bits per heavy atom. The summed E-state index contributed by atoms with van der Waals surface area (Å²) in [4.78, 5) is 10.6. The summed E-state index contributed by atoms with van der Waals surface area (Å²) in [6.07, 6.45) is -8.80. The van der Waals surface area contributed by atoms with Crippen molar-refractivity contribution in [3.63, 3.8) is 0 Å². The molecule has 0 aliphatic heterocycles. The SMILES string of the molecule is C[C@@H](Oc1ncc(-c2cc3c(C(F)(F)F)ncn3cn2)cc1F)C(F)(F)F. The Kier molecular flexibility index (Phi) is 4.44. The molecule has 3 rings (SSSR count). The van der Waals surface area contributed by atoms with Crippen LogP contribution in [0, 0.1) is 5.82 Å². The van der Waals surface area contributed by atoms with Gasteiger partial charge in [-0.3, -0.25) is 4.40 Å². The molecule has 3 aromatic rings. The van der Waals surface area contributed by atoms with Crippen molar-refractivity contribution in [3.05, 3.63) is 42.5 Å². The van der Waals surface area contributed by atoms with E-state index >= 15 is 0 Å². The normalized spacial score (nSPS) is 13.8. The van der Waals surface area contributed by atoms with Gasteiger partial charge in [0.15, 0.2) is 17.6 Å². The molecule has 0 saturated carbocycles. The Balaban J connectivity index is 1.96. The number of hydrogen-bond acceptors (Lipinski definition) is 4. The number of ether oxygens (including phenoxy) is 1. The molecule has 0 N–H and O–H groups in total. The number of aromatic nitrogens is 4. The summed E-state index contributed by atoms with van der Waals surface area (Å²) in [6.45, 7) is 0.683. The third kappa shape index (κ3) is 3.78. The van der Waals surface area contributed by atoms with E-state index < -0.39 is 35.8 Å². The molecule has 12 heteroatoms. The van der Waals surface area contributed by atoms with Crippen LogP contribution in [0.25, 0.3) is 16.8 Å². The zero-order valence-corrected chi connectivity index (χ0v) is 13.3. The Morgan fingerprint density at radius 3 is 2.26 bits per heavy atom. The number of alkyl halides is 6. The van der Waals surface area contributed by atoms with Crippen LogP contribution in [-0.4, -0.2) is 31.6 Å². The Hall–Kier alpha value is -2.92. The zero-order chi connectivity index (χ0) is 20.0. The van der Waals surface area contributed by atoms with Crippen molar-refractivity contribution in [2.45, 2.75) is 25.4 Å². The first-order chi connectivity index (χ1) is 12.5. The minimum absolute atomic E-state index is 0.0451. The van der Waals surface area contributed by atoms with Crippen molar-refractivity contribution in [2.75, 3.05) is 0 Å². The van der Waals surface area contributed by atoms with Gasteiger partial charge in [0.25, 0.3) is 5.88 Å². The second-order valence-electron chi connectivity index (χ2n) is 5.47. The minimum Gasteiger partial charge on any atom is -0.463 e. The maximum atomic E-state index is 14.0. The van der Waals surface area contributed by atoms with E-state index in [1.165, 1.54) is 0 Å². The lowest BCUT2D eigenvalue weighted by molar-refractivity contribution is -0.190. The van der Waals surface area contributed by atoms with Gasteiger partial charge in [-0.05, 0) is 19.1 Å². The summed E-state index contributed by atoms with van der Waals surface area (Å²) < 4.78 is 95.7. The monoisotopic (exact) mass is 394 g/mol. The minimum atomic E-state index is -4.71. The molecule has 144 valence electrons. The molecule has 0 unspecified atom stereocenters. The number of nitrogens with zero attached hydrogens (tertiary/aromatic N) is 4. The first-order valence-corrected chi connectivity index (χ1v) is 7.26. The summed E-state index contributed by atoms with van der Waals surface area (Å²) in [5.74, 6) is -2.10. The van der Waals surface area contributed by atoms with Crippen LogP contribution in [0.4, 0.5) is 30.7 Å². The molecule has 0 radical (unpaired) electrons. The number of pyridine rings is 1. The van der Waals surface area contributed by atoms with Crippen LogP contribution in [0.5, 0.6) is 5.88 Å². The van der Waals surface area contributed by atoms with Crippen LogP contribution >= 0.6 is 0 Å². The van der Waals surface area contributed by atoms with Crippen LogP contribution < -0.4 is 4.74 Å². The molecule has 0 amide bonds. The van der Waals surface area contributed by atoms with E-state index in [2.05, 4.69) is 19.7 Å². The largest absolute Gasteiger partial charge is 0.463 e. The molecule has 0 bridgehead atoms. The third-order valence-electron chi connectivity index (χ3n) is 3.55. The number of fused-ring (bicyclic) bond motifs is 1. The van der Waals surface area contributed by atoms with Gasteiger partial charge in [-0.15, -0.1) is 0 Å². The average Bonchev–Trinajstić information content (AvgIpc) is 2.99. The van der Waals surface area contributed by atoms with Crippen molar-refractivity contribution >= 4 is 5.52 Å². The number of rotatable bonds is 3. The lowest BCUT2D eigenvalue weighted by Crippen LogP contribution is -2.31. The maximum Gasteiger partial charge on any atom is 0.435 e. The number of imidazole rings is 1. The molecule has 0 aromatic carbocycles. The van der Waals surface area contributed by atoms with E-state index in [0.717, 1.165) is 35.4 Å².